The van der Waals surface area contributed by atoms with Crippen molar-refractivity contribution in [1.82, 2.24) is 19.5 Å². The van der Waals surface area contributed by atoms with Crippen molar-refractivity contribution in [2.75, 3.05) is 29.0 Å². The van der Waals surface area contributed by atoms with Crippen molar-refractivity contribution in [3.05, 3.63) is 51.2 Å². The van der Waals surface area contributed by atoms with E-state index in [9.17, 15) is 14.7 Å². The third-order valence-electron chi connectivity index (χ3n) is 8.72. The number of benzene rings is 1. The van der Waals surface area contributed by atoms with E-state index >= 15 is 0 Å². The van der Waals surface area contributed by atoms with Crippen LogP contribution in [0.15, 0.2) is 39.1 Å². The largest absolute Gasteiger partial charge is 0.493 e. The summed E-state index contributed by atoms with van der Waals surface area (Å²) >= 11 is 7.89. The highest BCUT2D eigenvalue weighted by Crippen LogP contribution is 2.46. The van der Waals surface area contributed by atoms with Gasteiger partial charge in [0.15, 0.2) is 11.4 Å². The van der Waals surface area contributed by atoms with Crippen molar-refractivity contribution in [1.29, 1.82) is 0 Å². The second kappa shape index (κ2) is 11.1. The van der Waals surface area contributed by atoms with Crippen LogP contribution in [-0.2, 0) is 13.0 Å². The number of aryl methyl sites for hydroxylation is 1. The van der Waals surface area contributed by atoms with Crippen molar-refractivity contribution in [2.24, 2.45) is 11.1 Å². The number of carbonyl (C=O) groups excluding carboxylic acids is 1. The molecule has 1 atom stereocenters. The molecule has 1 saturated carbocycles. The summed E-state index contributed by atoms with van der Waals surface area (Å²) in [7, 11) is 0. The number of anilines is 3. The number of amides is 1. The van der Waals surface area contributed by atoms with Crippen molar-refractivity contribution in [2.45, 2.75) is 73.9 Å². The fourth-order valence-electron chi connectivity index (χ4n) is 6.32. The number of nitrogen functional groups attached to an aromatic ring is 1. The van der Waals surface area contributed by atoms with E-state index in [2.05, 4.69) is 25.2 Å². The van der Waals surface area contributed by atoms with Crippen LogP contribution in [0.25, 0.3) is 0 Å². The molecule has 41 heavy (non-hydrogen) atoms. The molecule has 0 bridgehead atoms. The first-order chi connectivity index (χ1) is 19.8. The molecule has 1 spiro atoms. The normalized spacial score (nSPS) is 19.8. The first-order valence-corrected chi connectivity index (χ1v) is 15.2. The monoisotopic (exact) mass is 596 g/mol. The Bertz CT molecular complexity index is 1560. The van der Waals surface area contributed by atoms with E-state index in [0.717, 1.165) is 51.0 Å². The fraction of sp³-hybridized carbons (Fsp3) is 0.464. The molecule has 1 saturated heterocycles. The number of nitrogens with one attached hydrogen (secondary N) is 1. The summed E-state index contributed by atoms with van der Waals surface area (Å²) in [6.45, 7) is 2.21. The Balaban J connectivity index is 1.16. The highest BCUT2D eigenvalue weighted by molar-refractivity contribution is 7.99. The number of piperidine rings is 1. The molecule has 2 fully saturated rings. The topological polar surface area (TPSA) is 165 Å². The van der Waals surface area contributed by atoms with Crippen LogP contribution < -0.4 is 27.2 Å². The van der Waals surface area contributed by atoms with Gasteiger partial charge in [0.05, 0.1) is 16.9 Å². The Kier molecular flexibility index (Phi) is 7.56. The van der Waals surface area contributed by atoms with Gasteiger partial charge in [-0.3, -0.25) is 14.2 Å². The van der Waals surface area contributed by atoms with E-state index in [1.165, 1.54) is 29.2 Å². The number of nitrogens with zero attached hydrogens (tertiary/aromatic N) is 5. The molecule has 1 unspecified atom stereocenters. The average Bonchev–Trinajstić information content (AvgIpc) is 3.31. The number of aromatic nitrogens is 4. The predicted molar refractivity (Wildman–Crippen MR) is 159 cm³/mol. The van der Waals surface area contributed by atoms with Crippen molar-refractivity contribution >= 4 is 46.6 Å². The number of carbonyl (C=O) groups is 1. The molecule has 2 aromatic heterocycles. The first kappa shape index (κ1) is 27.8. The van der Waals surface area contributed by atoms with Gasteiger partial charge >= 0.3 is 0 Å². The smallest absolute Gasteiger partial charge is 0.270 e. The summed E-state index contributed by atoms with van der Waals surface area (Å²) in [4.78, 5) is 42.1. The van der Waals surface area contributed by atoms with Gasteiger partial charge in [-0.1, -0.05) is 35.9 Å². The van der Waals surface area contributed by atoms with E-state index < -0.39 is 22.9 Å². The lowest BCUT2D eigenvalue weighted by molar-refractivity contribution is 0.102. The fourth-order valence-corrected chi connectivity index (χ4v) is 7.41. The number of rotatable bonds is 5. The highest BCUT2D eigenvalue weighted by Gasteiger charge is 2.43. The van der Waals surface area contributed by atoms with Gasteiger partial charge in [0, 0.05) is 37.0 Å². The molecule has 6 N–H and O–H groups in total. The molecular formula is C28H33ClN8O3S. The van der Waals surface area contributed by atoms with E-state index in [-0.39, 0.29) is 28.0 Å². The number of hydrogen-bond donors (Lipinski definition) is 4. The van der Waals surface area contributed by atoms with Gasteiger partial charge in [-0.05, 0) is 56.1 Å². The van der Waals surface area contributed by atoms with Crippen molar-refractivity contribution < 1.29 is 9.90 Å². The van der Waals surface area contributed by atoms with Crippen LogP contribution in [0.2, 0.25) is 5.02 Å². The van der Waals surface area contributed by atoms with Gasteiger partial charge in [0.25, 0.3) is 11.5 Å². The van der Waals surface area contributed by atoms with Crippen LogP contribution >= 0.6 is 23.4 Å². The van der Waals surface area contributed by atoms with Gasteiger partial charge in [-0.15, -0.1) is 0 Å². The minimum Gasteiger partial charge on any atom is -0.493 e. The summed E-state index contributed by atoms with van der Waals surface area (Å²) in [6, 6.07) is 5.39. The zero-order valence-electron chi connectivity index (χ0n) is 22.6. The molecule has 3 aliphatic rings. The second-order valence-corrected chi connectivity index (χ2v) is 12.5. The Labute approximate surface area is 246 Å². The molecule has 1 aromatic carbocycles. The summed E-state index contributed by atoms with van der Waals surface area (Å²) in [6.07, 6.45) is 9.61. The summed E-state index contributed by atoms with van der Waals surface area (Å²) in [5.41, 5.74) is 12.3. The number of aromatic hydroxyl groups is 1. The maximum absolute atomic E-state index is 13.1. The number of nitrogens with two attached hydrogens (primary N) is 2. The highest BCUT2D eigenvalue weighted by atomic mass is 35.5. The van der Waals surface area contributed by atoms with Gasteiger partial charge < -0.3 is 26.8 Å². The Morgan fingerprint density at radius 1 is 1.15 bits per heavy atom. The van der Waals surface area contributed by atoms with Crippen molar-refractivity contribution in [3.8, 4) is 5.88 Å². The lowest BCUT2D eigenvalue weighted by Gasteiger charge is -2.42. The Morgan fingerprint density at radius 2 is 1.95 bits per heavy atom. The maximum atomic E-state index is 13.1. The van der Waals surface area contributed by atoms with Gasteiger partial charge in [-0.2, -0.15) is 4.98 Å². The molecule has 2 aliphatic heterocycles. The predicted octanol–water partition coefficient (Wildman–Crippen LogP) is 3.81. The minimum absolute atomic E-state index is 0.246. The molecule has 216 valence electrons. The third kappa shape index (κ3) is 5.24. The maximum Gasteiger partial charge on any atom is 0.270 e. The quantitative estimate of drug-likeness (QED) is 0.340. The molecule has 1 aliphatic carbocycles. The number of hydrogen-bond acceptors (Lipinski definition) is 10. The first-order valence-electron chi connectivity index (χ1n) is 14.0. The SMILES string of the molecule is Nc1nc(N2CCC3(CCCC3N)CC2)cnc1Sc1cccc(NC(=O)c2c(O)nc3n(c2=O)CCCC3)c1Cl. The molecule has 0 radical (unpaired) electrons. The molecular weight excluding hydrogens is 564 g/mol. The summed E-state index contributed by atoms with van der Waals surface area (Å²) in [5.74, 6) is 0.147. The van der Waals surface area contributed by atoms with Crippen LogP contribution in [0.1, 0.15) is 61.1 Å². The van der Waals surface area contributed by atoms with E-state index in [1.807, 2.05) is 0 Å². The van der Waals surface area contributed by atoms with Crippen molar-refractivity contribution in [3.63, 3.8) is 0 Å². The molecule has 6 rings (SSSR count). The van der Waals surface area contributed by atoms with Crippen LogP contribution in [0, 0.1) is 5.41 Å². The lowest BCUT2D eigenvalue weighted by Crippen LogP contribution is -2.47. The Morgan fingerprint density at radius 3 is 2.68 bits per heavy atom. The lowest BCUT2D eigenvalue weighted by atomic mass is 9.74. The zero-order chi connectivity index (χ0) is 28.7. The zero-order valence-corrected chi connectivity index (χ0v) is 24.2. The summed E-state index contributed by atoms with van der Waals surface area (Å²) in [5, 5.41) is 13.7. The Hall–Kier alpha value is -3.35. The van der Waals surface area contributed by atoms with E-state index in [4.69, 9.17) is 23.1 Å². The van der Waals surface area contributed by atoms with Crippen LogP contribution in [-0.4, -0.2) is 49.7 Å². The van der Waals surface area contributed by atoms with E-state index in [1.54, 1.807) is 24.4 Å². The number of halogens is 1. The van der Waals surface area contributed by atoms with Gasteiger partial charge in [-0.25, -0.2) is 9.97 Å². The molecule has 11 nitrogen and oxygen atoms in total. The second-order valence-electron chi connectivity index (χ2n) is 11.1. The van der Waals surface area contributed by atoms with Crippen LogP contribution in [0.4, 0.5) is 17.3 Å². The average molecular weight is 597 g/mol. The van der Waals surface area contributed by atoms with Gasteiger partial charge in [0.2, 0.25) is 5.88 Å². The third-order valence-corrected chi connectivity index (χ3v) is 10.3. The molecule has 4 heterocycles. The summed E-state index contributed by atoms with van der Waals surface area (Å²) < 4.78 is 1.45. The van der Waals surface area contributed by atoms with Gasteiger partial charge in [0.1, 0.15) is 16.7 Å². The molecule has 1 amide bonds. The van der Waals surface area contributed by atoms with Crippen LogP contribution in [0.5, 0.6) is 5.88 Å². The van der Waals surface area contributed by atoms with Crippen LogP contribution in [0.3, 0.4) is 0 Å². The van der Waals surface area contributed by atoms with E-state index in [0.29, 0.717) is 28.7 Å². The molecule has 3 aromatic rings. The minimum atomic E-state index is -0.782. The standard InChI is InChI=1S/C28H33ClN8O3S/c29-22-16(33-24(38)21-25(39)35-19-8-1-2-12-37(19)27(21)40)5-3-6-17(22)41-26-23(31)34-20(15-32-26)36-13-10-28(11-14-36)9-4-7-18(28)30/h3,5-6,15,18,39H,1-2,4,7-14,30H2,(H2,31,34)(H,33,38). The molecule has 13 heteroatoms. The number of fused-ring (bicyclic) bond motifs is 1.